The molecule has 1 N–H and O–H groups in total. The van der Waals surface area contributed by atoms with Crippen molar-refractivity contribution < 1.29 is 19.2 Å². The van der Waals surface area contributed by atoms with Gasteiger partial charge in [0, 0.05) is 24.8 Å². The Kier molecular flexibility index (Phi) is 4.96. The fourth-order valence-electron chi connectivity index (χ4n) is 5.10. The molecular weight excluding hydrogens is 334 g/mol. The first kappa shape index (κ1) is 17.5. The molecule has 0 aromatic carbocycles. The van der Waals surface area contributed by atoms with E-state index in [0.717, 1.165) is 44.3 Å². The van der Waals surface area contributed by atoms with Crippen molar-refractivity contribution in [3.63, 3.8) is 0 Å². The number of aliphatic carboxylic acids is 1. The summed E-state index contributed by atoms with van der Waals surface area (Å²) < 4.78 is 5.32. The Morgan fingerprint density at radius 1 is 1.12 bits per heavy atom. The smallest absolute Gasteiger partial charge is 0.326 e. The molecule has 1 aliphatic heterocycles. The maximum Gasteiger partial charge on any atom is 0.326 e. The zero-order valence-electron chi connectivity index (χ0n) is 15.1. The summed E-state index contributed by atoms with van der Waals surface area (Å²) in [6, 6.07) is -0.582. The number of likely N-dealkylation sites (tertiary alicyclic amines) is 1. The summed E-state index contributed by atoms with van der Waals surface area (Å²) in [6.45, 7) is 0. The number of carboxylic acid groups (broad SMARTS) is 1. The number of hydrogen-bond donors (Lipinski definition) is 1. The van der Waals surface area contributed by atoms with Gasteiger partial charge in [0.2, 0.25) is 11.8 Å². The van der Waals surface area contributed by atoms with Crippen molar-refractivity contribution in [1.29, 1.82) is 0 Å². The Hall–Kier alpha value is -1.92. The third-order valence-corrected chi connectivity index (χ3v) is 6.42. The van der Waals surface area contributed by atoms with Gasteiger partial charge >= 0.3 is 5.97 Å². The van der Waals surface area contributed by atoms with E-state index in [1.165, 1.54) is 12.8 Å². The predicted octanol–water partition coefficient (Wildman–Crippen LogP) is 2.90. The average Bonchev–Trinajstić information content (AvgIpc) is 3.37. The third-order valence-electron chi connectivity index (χ3n) is 6.42. The second-order valence-electron chi connectivity index (χ2n) is 8.03. The summed E-state index contributed by atoms with van der Waals surface area (Å²) in [5.74, 6) is 1.02. The highest BCUT2D eigenvalue weighted by molar-refractivity contribution is 5.84. The van der Waals surface area contributed by atoms with Crippen molar-refractivity contribution in [3.05, 3.63) is 11.7 Å². The first-order valence-electron chi connectivity index (χ1n) is 10.00. The molecule has 0 unspecified atom stereocenters. The van der Waals surface area contributed by atoms with Crippen molar-refractivity contribution >= 4 is 11.9 Å². The topological polar surface area (TPSA) is 96.5 Å². The second-order valence-corrected chi connectivity index (χ2v) is 8.03. The van der Waals surface area contributed by atoms with Crippen LogP contribution in [0.4, 0.5) is 0 Å². The first-order valence-corrected chi connectivity index (χ1v) is 10.00. The van der Waals surface area contributed by atoms with E-state index in [-0.39, 0.29) is 18.4 Å². The summed E-state index contributed by atoms with van der Waals surface area (Å²) >= 11 is 0. The van der Waals surface area contributed by atoms with E-state index in [4.69, 9.17) is 4.52 Å². The molecule has 1 saturated heterocycles. The van der Waals surface area contributed by atoms with Crippen LogP contribution in [0.25, 0.3) is 0 Å². The van der Waals surface area contributed by atoms with Crippen LogP contribution in [0.2, 0.25) is 0 Å². The zero-order valence-corrected chi connectivity index (χ0v) is 15.1. The lowest BCUT2D eigenvalue weighted by molar-refractivity contribution is -0.149. The minimum Gasteiger partial charge on any atom is -0.480 e. The highest BCUT2D eigenvalue weighted by Crippen LogP contribution is 2.40. The van der Waals surface area contributed by atoms with E-state index in [1.54, 1.807) is 4.90 Å². The molecule has 1 aromatic rings. The number of carbonyl (C=O) groups excluding carboxylic acids is 1. The molecule has 4 rings (SSSR count). The molecule has 0 radical (unpaired) electrons. The maximum absolute atomic E-state index is 12.8. The van der Waals surface area contributed by atoms with Crippen molar-refractivity contribution in [2.45, 2.75) is 88.6 Å². The lowest BCUT2D eigenvalue weighted by Gasteiger charge is -2.33. The van der Waals surface area contributed by atoms with Gasteiger partial charge in [0.05, 0.1) is 0 Å². The summed E-state index contributed by atoms with van der Waals surface area (Å²) in [6.07, 6.45) is 10.0. The largest absolute Gasteiger partial charge is 0.480 e. The van der Waals surface area contributed by atoms with Gasteiger partial charge in [-0.3, -0.25) is 4.79 Å². The van der Waals surface area contributed by atoms with Crippen molar-refractivity contribution in [2.24, 2.45) is 5.92 Å². The Bertz CT molecular complexity index is 667. The monoisotopic (exact) mass is 361 g/mol. The second kappa shape index (κ2) is 7.37. The molecule has 2 heterocycles. The number of aromatic nitrogens is 2. The van der Waals surface area contributed by atoms with Crippen LogP contribution in [0.5, 0.6) is 0 Å². The summed E-state index contributed by atoms with van der Waals surface area (Å²) in [4.78, 5) is 30.6. The molecule has 3 aliphatic rings. The number of fused-ring (bicyclic) bond motifs is 1. The molecule has 142 valence electrons. The number of aryl methyl sites for hydroxylation is 1. The van der Waals surface area contributed by atoms with Crippen LogP contribution < -0.4 is 0 Å². The molecule has 7 nitrogen and oxygen atoms in total. The van der Waals surface area contributed by atoms with Crippen LogP contribution in [0.1, 0.15) is 81.8 Å². The summed E-state index contributed by atoms with van der Waals surface area (Å²) in [5.41, 5.74) is 0. The molecule has 7 heteroatoms. The maximum atomic E-state index is 12.8. The van der Waals surface area contributed by atoms with E-state index >= 15 is 0 Å². The van der Waals surface area contributed by atoms with Crippen molar-refractivity contribution in [2.75, 3.05) is 0 Å². The molecule has 2 aliphatic carbocycles. The SMILES string of the molecule is O=C(O)[C@@H]1C[C@@H]2CCCC[C@@H]2N1C(=O)CCc1nc(C2CCCC2)no1. The Balaban J connectivity index is 1.39. The fourth-order valence-corrected chi connectivity index (χ4v) is 5.10. The lowest BCUT2D eigenvalue weighted by atomic mass is 9.84. The van der Waals surface area contributed by atoms with Gasteiger partial charge in [-0.25, -0.2) is 4.79 Å². The van der Waals surface area contributed by atoms with Gasteiger partial charge in [0.25, 0.3) is 0 Å². The molecule has 1 aromatic heterocycles. The van der Waals surface area contributed by atoms with Gasteiger partial charge in [0.15, 0.2) is 5.82 Å². The van der Waals surface area contributed by atoms with Crippen LogP contribution in [0.3, 0.4) is 0 Å². The molecule has 3 atom stereocenters. The normalized spacial score (nSPS) is 29.1. The number of carbonyl (C=O) groups is 2. The number of carboxylic acids is 1. The van der Waals surface area contributed by atoms with E-state index in [0.29, 0.717) is 30.6 Å². The lowest BCUT2D eigenvalue weighted by Crippen LogP contribution is -2.46. The highest BCUT2D eigenvalue weighted by atomic mass is 16.5. The van der Waals surface area contributed by atoms with Crippen LogP contribution in [0.15, 0.2) is 4.52 Å². The van der Waals surface area contributed by atoms with E-state index in [1.807, 2.05) is 0 Å². The average molecular weight is 361 g/mol. The third kappa shape index (κ3) is 3.35. The Labute approximate surface area is 153 Å². The molecule has 26 heavy (non-hydrogen) atoms. The van der Waals surface area contributed by atoms with Crippen LogP contribution in [-0.4, -0.2) is 44.1 Å². The molecule has 0 spiro atoms. The number of rotatable bonds is 5. The number of hydrogen-bond acceptors (Lipinski definition) is 5. The van der Waals surface area contributed by atoms with E-state index < -0.39 is 12.0 Å². The first-order chi connectivity index (χ1) is 12.6. The summed E-state index contributed by atoms with van der Waals surface area (Å²) in [5, 5.41) is 13.6. The van der Waals surface area contributed by atoms with Gasteiger partial charge in [0.1, 0.15) is 6.04 Å². The molecular formula is C19H27N3O4. The standard InChI is InChI=1S/C19H27N3O4/c23-17(10-9-16-20-18(21-26-16)12-5-1-2-6-12)22-14-8-4-3-7-13(14)11-15(22)19(24)25/h12-15H,1-11H2,(H,24,25)/t13-,14-,15-/m0/s1. The Morgan fingerprint density at radius 2 is 1.85 bits per heavy atom. The minimum atomic E-state index is -0.881. The van der Waals surface area contributed by atoms with Gasteiger partial charge in [-0.15, -0.1) is 0 Å². The van der Waals surface area contributed by atoms with Gasteiger partial charge < -0.3 is 14.5 Å². The zero-order chi connectivity index (χ0) is 18.1. The van der Waals surface area contributed by atoms with Gasteiger partial charge in [-0.1, -0.05) is 30.8 Å². The molecule has 2 saturated carbocycles. The van der Waals surface area contributed by atoms with Gasteiger partial charge in [-0.2, -0.15) is 4.98 Å². The molecule has 1 amide bonds. The number of nitrogens with zero attached hydrogens (tertiary/aromatic N) is 3. The van der Waals surface area contributed by atoms with Crippen molar-refractivity contribution in [1.82, 2.24) is 15.0 Å². The fraction of sp³-hybridized carbons (Fsp3) is 0.789. The Morgan fingerprint density at radius 3 is 2.62 bits per heavy atom. The van der Waals surface area contributed by atoms with Crippen LogP contribution >= 0.6 is 0 Å². The minimum absolute atomic E-state index is 0.0904. The quantitative estimate of drug-likeness (QED) is 0.866. The van der Waals surface area contributed by atoms with E-state index in [2.05, 4.69) is 10.1 Å². The predicted molar refractivity (Wildman–Crippen MR) is 92.5 cm³/mol. The number of amides is 1. The van der Waals surface area contributed by atoms with Crippen LogP contribution in [-0.2, 0) is 16.0 Å². The van der Waals surface area contributed by atoms with E-state index in [9.17, 15) is 14.7 Å². The molecule has 3 fully saturated rings. The van der Waals surface area contributed by atoms with Gasteiger partial charge in [-0.05, 0) is 38.0 Å². The highest BCUT2D eigenvalue weighted by Gasteiger charge is 2.47. The molecule has 0 bridgehead atoms. The van der Waals surface area contributed by atoms with Crippen molar-refractivity contribution in [3.8, 4) is 0 Å². The van der Waals surface area contributed by atoms with Crippen LogP contribution in [0, 0.1) is 5.92 Å². The summed E-state index contributed by atoms with van der Waals surface area (Å²) in [7, 11) is 0.